The molecule has 2 rings (SSSR count). The summed E-state index contributed by atoms with van der Waals surface area (Å²) in [6, 6.07) is 0.599. The minimum atomic E-state index is 0.599. The second-order valence-electron chi connectivity index (χ2n) is 6.04. The van der Waals surface area contributed by atoms with E-state index in [1.54, 1.807) is 0 Å². The summed E-state index contributed by atoms with van der Waals surface area (Å²) in [5.41, 5.74) is 0. The zero-order chi connectivity index (χ0) is 13.5. The van der Waals surface area contributed by atoms with Crippen molar-refractivity contribution < 1.29 is 0 Å². The molecular formula is C16H29N3. The molecule has 19 heavy (non-hydrogen) atoms. The van der Waals surface area contributed by atoms with Crippen molar-refractivity contribution in [3.63, 3.8) is 0 Å². The first-order chi connectivity index (χ1) is 9.29. The first kappa shape index (κ1) is 14.6. The lowest BCUT2D eigenvalue weighted by Crippen LogP contribution is -2.33. The molecule has 1 aromatic rings. The van der Waals surface area contributed by atoms with Crippen molar-refractivity contribution in [2.75, 3.05) is 6.54 Å². The second kappa shape index (κ2) is 7.68. The molecule has 1 unspecified atom stereocenters. The van der Waals surface area contributed by atoms with Crippen LogP contribution in [0.25, 0.3) is 0 Å². The SMILES string of the molecule is CCCNC(CCC1CCCC1)Cc1nccn1C. The zero-order valence-electron chi connectivity index (χ0n) is 12.6. The van der Waals surface area contributed by atoms with Gasteiger partial charge in [0.15, 0.2) is 0 Å². The summed E-state index contributed by atoms with van der Waals surface area (Å²) in [6.07, 6.45) is 14.8. The number of hydrogen-bond donors (Lipinski definition) is 1. The number of nitrogens with zero attached hydrogens (tertiary/aromatic N) is 2. The third kappa shape index (κ3) is 4.64. The Bertz CT molecular complexity index is 353. The highest BCUT2D eigenvalue weighted by atomic mass is 15.0. The molecule has 108 valence electrons. The Balaban J connectivity index is 1.82. The minimum Gasteiger partial charge on any atom is -0.338 e. The van der Waals surface area contributed by atoms with Crippen LogP contribution in [0.3, 0.4) is 0 Å². The van der Waals surface area contributed by atoms with Crippen LogP contribution in [-0.4, -0.2) is 22.1 Å². The second-order valence-corrected chi connectivity index (χ2v) is 6.04. The Hall–Kier alpha value is -0.830. The molecule has 1 aliphatic carbocycles. The molecule has 1 fully saturated rings. The van der Waals surface area contributed by atoms with Gasteiger partial charge in [-0.05, 0) is 31.7 Å². The van der Waals surface area contributed by atoms with Gasteiger partial charge >= 0.3 is 0 Å². The molecule has 1 saturated carbocycles. The zero-order valence-corrected chi connectivity index (χ0v) is 12.6. The van der Waals surface area contributed by atoms with E-state index < -0.39 is 0 Å². The molecule has 0 amide bonds. The van der Waals surface area contributed by atoms with Gasteiger partial charge in [-0.25, -0.2) is 4.98 Å². The first-order valence-electron chi connectivity index (χ1n) is 7.99. The molecule has 0 spiro atoms. The highest BCUT2D eigenvalue weighted by Crippen LogP contribution is 2.29. The van der Waals surface area contributed by atoms with E-state index in [2.05, 4.69) is 28.8 Å². The maximum atomic E-state index is 4.47. The molecular weight excluding hydrogens is 234 g/mol. The van der Waals surface area contributed by atoms with Gasteiger partial charge in [0.1, 0.15) is 5.82 Å². The molecule has 0 bridgehead atoms. The molecule has 0 radical (unpaired) electrons. The van der Waals surface area contributed by atoms with Gasteiger partial charge in [-0.2, -0.15) is 0 Å². The number of aryl methyl sites for hydroxylation is 1. The Morgan fingerprint density at radius 2 is 2.21 bits per heavy atom. The van der Waals surface area contributed by atoms with Crippen LogP contribution in [0.5, 0.6) is 0 Å². The van der Waals surface area contributed by atoms with Gasteiger partial charge in [-0.3, -0.25) is 0 Å². The van der Waals surface area contributed by atoms with Crippen molar-refractivity contribution in [1.29, 1.82) is 0 Å². The molecule has 1 heterocycles. The van der Waals surface area contributed by atoms with Crippen LogP contribution in [0, 0.1) is 5.92 Å². The Labute approximate surface area is 117 Å². The van der Waals surface area contributed by atoms with E-state index in [-0.39, 0.29) is 0 Å². The van der Waals surface area contributed by atoms with Crippen LogP contribution in [0.15, 0.2) is 12.4 Å². The summed E-state index contributed by atoms with van der Waals surface area (Å²) in [6.45, 7) is 3.36. The number of hydrogen-bond acceptors (Lipinski definition) is 2. The maximum Gasteiger partial charge on any atom is 0.109 e. The largest absolute Gasteiger partial charge is 0.338 e. The highest BCUT2D eigenvalue weighted by Gasteiger charge is 2.18. The van der Waals surface area contributed by atoms with E-state index >= 15 is 0 Å². The van der Waals surface area contributed by atoms with Crippen molar-refractivity contribution in [3.05, 3.63) is 18.2 Å². The molecule has 1 atom stereocenters. The summed E-state index contributed by atoms with van der Waals surface area (Å²) >= 11 is 0. The van der Waals surface area contributed by atoms with Gasteiger partial charge in [0.2, 0.25) is 0 Å². The van der Waals surface area contributed by atoms with Gasteiger partial charge in [0, 0.05) is 31.9 Å². The van der Waals surface area contributed by atoms with Crippen LogP contribution in [-0.2, 0) is 13.5 Å². The predicted molar refractivity (Wildman–Crippen MR) is 80.2 cm³/mol. The molecule has 0 saturated heterocycles. The quantitative estimate of drug-likeness (QED) is 0.780. The van der Waals surface area contributed by atoms with E-state index in [0.29, 0.717) is 6.04 Å². The number of nitrogens with one attached hydrogen (secondary N) is 1. The molecule has 0 aromatic carbocycles. The van der Waals surface area contributed by atoms with E-state index in [1.165, 1.54) is 50.8 Å². The van der Waals surface area contributed by atoms with E-state index in [4.69, 9.17) is 0 Å². The highest BCUT2D eigenvalue weighted by molar-refractivity contribution is 4.94. The van der Waals surface area contributed by atoms with Gasteiger partial charge in [0.25, 0.3) is 0 Å². The van der Waals surface area contributed by atoms with Crippen LogP contribution in [0.2, 0.25) is 0 Å². The van der Waals surface area contributed by atoms with Crippen molar-refractivity contribution in [2.45, 2.75) is 64.3 Å². The average Bonchev–Trinajstić information content (AvgIpc) is 3.05. The van der Waals surface area contributed by atoms with E-state index in [9.17, 15) is 0 Å². The molecule has 3 heteroatoms. The third-order valence-electron chi connectivity index (χ3n) is 4.43. The van der Waals surface area contributed by atoms with Crippen LogP contribution in [0.1, 0.15) is 57.7 Å². The van der Waals surface area contributed by atoms with Gasteiger partial charge in [0.05, 0.1) is 0 Å². The van der Waals surface area contributed by atoms with E-state index in [1.807, 2.05) is 12.4 Å². The van der Waals surface area contributed by atoms with Crippen LogP contribution in [0.4, 0.5) is 0 Å². The summed E-state index contributed by atoms with van der Waals surface area (Å²) in [5.74, 6) is 2.20. The molecule has 1 aliphatic rings. The van der Waals surface area contributed by atoms with Crippen molar-refractivity contribution in [3.8, 4) is 0 Å². The minimum absolute atomic E-state index is 0.599. The van der Waals surface area contributed by atoms with E-state index in [0.717, 1.165) is 18.9 Å². The topological polar surface area (TPSA) is 29.9 Å². The molecule has 1 aromatic heterocycles. The average molecular weight is 263 g/mol. The summed E-state index contributed by atoms with van der Waals surface area (Å²) in [7, 11) is 2.09. The number of imidazole rings is 1. The van der Waals surface area contributed by atoms with Gasteiger partial charge < -0.3 is 9.88 Å². The van der Waals surface area contributed by atoms with Crippen molar-refractivity contribution >= 4 is 0 Å². The summed E-state index contributed by atoms with van der Waals surface area (Å²) in [5, 5.41) is 3.71. The lowest BCUT2D eigenvalue weighted by Gasteiger charge is -2.20. The third-order valence-corrected chi connectivity index (χ3v) is 4.43. The molecule has 1 N–H and O–H groups in total. The Morgan fingerprint density at radius 3 is 2.84 bits per heavy atom. The summed E-state index contributed by atoms with van der Waals surface area (Å²) < 4.78 is 2.15. The fourth-order valence-corrected chi connectivity index (χ4v) is 3.17. The molecule has 3 nitrogen and oxygen atoms in total. The number of rotatable bonds is 8. The smallest absolute Gasteiger partial charge is 0.109 e. The van der Waals surface area contributed by atoms with Crippen molar-refractivity contribution in [1.82, 2.24) is 14.9 Å². The molecule has 0 aliphatic heterocycles. The lowest BCUT2D eigenvalue weighted by atomic mass is 9.97. The first-order valence-corrected chi connectivity index (χ1v) is 7.99. The fraction of sp³-hybridized carbons (Fsp3) is 0.812. The normalized spacial score (nSPS) is 18.0. The van der Waals surface area contributed by atoms with Gasteiger partial charge in [-0.1, -0.05) is 32.6 Å². The maximum absolute atomic E-state index is 4.47. The van der Waals surface area contributed by atoms with Crippen LogP contribution < -0.4 is 5.32 Å². The number of aromatic nitrogens is 2. The predicted octanol–water partition coefficient (Wildman–Crippen LogP) is 3.30. The van der Waals surface area contributed by atoms with Gasteiger partial charge in [-0.15, -0.1) is 0 Å². The van der Waals surface area contributed by atoms with Crippen molar-refractivity contribution in [2.24, 2.45) is 13.0 Å². The lowest BCUT2D eigenvalue weighted by molar-refractivity contribution is 0.396. The standard InChI is InChI=1S/C16H29N3/c1-3-10-17-15(9-8-14-6-4-5-7-14)13-16-18-11-12-19(16)2/h11-12,14-15,17H,3-10,13H2,1-2H3. The fourth-order valence-electron chi connectivity index (χ4n) is 3.17. The Morgan fingerprint density at radius 1 is 1.42 bits per heavy atom. The van der Waals surface area contributed by atoms with Crippen LogP contribution >= 0.6 is 0 Å². The summed E-state index contributed by atoms with van der Waals surface area (Å²) in [4.78, 5) is 4.47. The Kier molecular flexibility index (Phi) is 5.90. The monoisotopic (exact) mass is 263 g/mol.